The van der Waals surface area contributed by atoms with Crippen LogP contribution in [0.5, 0.6) is 0 Å². The van der Waals surface area contributed by atoms with Gasteiger partial charge in [-0.2, -0.15) is 0 Å². The van der Waals surface area contributed by atoms with Crippen LogP contribution in [0.1, 0.15) is 5.56 Å². The van der Waals surface area contributed by atoms with Gasteiger partial charge in [0.05, 0.1) is 6.67 Å². The van der Waals surface area contributed by atoms with E-state index < -0.39 is 0 Å². The van der Waals surface area contributed by atoms with E-state index in [1.165, 1.54) is 5.56 Å². The van der Waals surface area contributed by atoms with E-state index in [-0.39, 0.29) is 6.67 Å². The van der Waals surface area contributed by atoms with E-state index in [2.05, 4.69) is 0 Å². The molecule has 1 aromatic carbocycles. The Balaban J connectivity index is 2.43. The molecule has 53 valence electrons. The Hall–Kier alpha value is -0.850. The molecule has 0 saturated carbocycles. The van der Waals surface area contributed by atoms with Gasteiger partial charge in [0.2, 0.25) is 0 Å². The van der Waals surface area contributed by atoms with Crippen LogP contribution in [0.2, 0.25) is 0 Å². The molecule has 1 radical (unpaired) electrons. The highest BCUT2D eigenvalue weighted by Gasteiger charge is 1.89. The summed E-state index contributed by atoms with van der Waals surface area (Å²) in [7, 11) is 0. The van der Waals surface area contributed by atoms with Gasteiger partial charge in [-0.15, -0.1) is 0 Å². The second-order valence-corrected chi connectivity index (χ2v) is 2.13. The highest BCUT2D eigenvalue weighted by Crippen LogP contribution is 2.00. The summed E-state index contributed by atoms with van der Waals surface area (Å²) in [5.41, 5.74) is 1.17. The van der Waals surface area contributed by atoms with Crippen LogP contribution in [-0.2, 0) is 6.42 Å². The number of hydrogen-bond acceptors (Lipinski definition) is 0. The molecule has 1 heteroatoms. The van der Waals surface area contributed by atoms with Crippen molar-refractivity contribution < 1.29 is 4.39 Å². The van der Waals surface area contributed by atoms with E-state index >= 15 is 0 Å². The molecule has 1 rings (SSSR count). The average Bonchev–Trinajstić information content (AvgIpc) is 2.03. The summed E-state index contributed by atoms with van der Waals surface area (Å²) in [5.74, 6) is 0. The van der Waals surface area contributed by atoms with Gasteiger partial charge in [0, 0.05) is 0 Å². The van der Waals surface area contributed by atoms with E-state index in [0.717, 1.165) is 6.42 Å². The van der Waals surface area contributed by atoms with Gasteiger partial charge < -0.3 is 0 Å². The summed E-state index contributed by atoms with van der Waals surface area (Å²) in [6.45, 7) is -0.338. The summed E-state index contributed by atoms with van der Waals surface area (Å²) >= 11 is 0. The fraction of sp³-hybridized carbons (Fsp3) is 0.222. The molecular weight excluding hydrogens is 127 g/mol. The SMILES string of the molecule is FC[CH]Cc1ccccc1. The van der Waals surface area contributed by atoms with E-state index in [1.807, 2.05) is 30.3 Å². The van der Waals surface area contributed by atoms with Crippen LogP contribution in [0.4, 0.5) is 4.39 Å². The predicted molar refractivity (Wildman–Crippen MR) is 40.4 cm³/mol. The van der Waals surface area contributed by atoms with Crippen LogP contribution < -0.4 is 0 Å². The lowest BCUT2D eigenvalue weighted by Crippen LogP contribution is -1.85. The van der Waals surface area contributed by atoms with Gasteiger partial charge in [0.15, 0.2) is 0 Å². The molecule has 10 heavy (non-hydrogen) atoms. The Morgan fingerprint density at radius 1 is 1.20 bits per heavy atom. The van der Waals surface area contributed by atoms with Crippen LogP contribution in [0, 0.1) is 6.42 Å². The molecule has 0 aliphatic heterocycles. The van der Waals surface area contributed by atoms with Crippen molar-refractivity contribution in [2.75, 3.05) is 6.67 Å². The highest BCUT2D eigenvalue weighted by atomic mass is 19.1. The molecule has 0 spiro atoms. The molecule has 0 aromatic heterocycles. The van der Waals surface area contributed by atoms with Crippen molar-refractivity contribution in [2.24, 2.45) is 0 Å². The summed E-state index contributed by atoms with van der Waals surface area (Å²) < 4.78 is 11.6. The fourth-order valence-corrected chi connectivity index (χ4v) is 0.835. The van der Waals surface area contributed by atoms with Crippen molar-refractivity contribution in [1.82, 2.24) is 0 Å². The lowest BCUT2D eigenvalue weighted by atomic mass is 10.1. The minimum Gasteiger partial charge on any atom is -0.251 e. The Morgan fingerprint density at radius 3 is 2.50 bits per heavy atom. The number of halogens is 1. The molecule has 0 atom stereocenters. The lowest BCUT2D eigenvalue weighted by molar-refractivity contribution is 0.532. The lowest BCUT2D eigenvalue weighted by Gasteiger charge is -1.94. The zero-order valence-electron chi connectivity index (χ0n) is 5.76. The maximum Gasteiger partial charge on any atom is 0.0929 e. The summed E-state index contributed by atoms with van der Waals surface area (Å²) in [6, 6.07) is 9.86. The zero-order valence-corrected chi connectivity index (χ0v) is 5.76. The number of rotatable bonds is 3. The summed E-state index contributed by atoms with van der Waals surface area (Å²) in [5, 5.41) is 0. The third-order valence-electron chi connectivity index (χ3n) is 1.33. The Morgan fingerprint density at radius 2 is 1.90 bits per heavy atom. The molecule has 0 N–H and O–H groups in total. The van der Waals surface area contributed by atoms with E-state index in [4.69, 9.17) is 0 Å². The van der Waals surface area contributed by atoms with Crippen LogP contribution >= 0.6 is 0 Å². The first-order valence-corrected chi connectivity index (χ1v) is 3.35. The summed E-state index contributed by atoms with van der Waals surface area (Å²) in [4.78, 5) is 0. The van der Waals surface area contributed by atoms with Gasteiger partial charge >= 0.3 is 0 Å². The largest absolute Gasteiger partial charge is 0.251 e. The molecule has 1 aromatic rings. The first-order valence-electron chi connectivity index (χ1n) is 3.35. The van der Waals surface area contributed by atoms with E-state index in [0.29, 0.717) is 0 Å². The van der Waals surface area contributed by atoms with Crippen molar-refractivity contribution in [3.63, 3.8) is 0 Å². The van der Waals surface area contributed by atoms with Crippen molar-refractivity contribution in [2.45, 2.75) is 6.42 Å². The normalized spacial score (nSPS) is 9.70. The van der Waals surface area contributed by atoms with Crippen molar-refractivity contribution in [3.05, 3.63) is 42.3 Å². The second kappa shape index (κ2) is 4.04. The number of hydrogen-bond donors (Lipinski definition) is 0. The zero-order chi connectivity index (χ0) is 7.23. The molecule has 0 unspecified atom stereocenters. The maximum absolute atomic E-state index is 11.6. The standard InChI is InChI=1S/C9H10F/c10-8-4-7-9-5-2-1-3-6-9/h1-6H,7-8H2. The molecule has 0 bridgehead atoms. The van der Waals surface area contributed by atoms with Crippen molar-refractivity contribution in [3.8, 4) is 0 Å². The van der Waals surface area contributed by atoms with Gasteiger partial charge in [-0.05, 0) is 18.4 Å². The maximum atomic E-state index is 11.6. The third-order valence-corrected chi connectivity index (χ3v) is 1.33. The quantitative estimate of drug-likeness (QED) is 0.600. The third kappa shape index (κ3) is 2.18. The van der Waals surface area contributed by atoms with Crippen LogP contribution in [-0.4, -0.2) is 6.67 Å². The first-order chi connectivity index (χ1) is 4.93. The molecule has 0 fully saturated rings. The number of benzene rings is 1. The van der Waals surface area contributed by atoms with Gasteiger partial charge in [-0.3, -0.25) is 4.39 Å². The highest BCUT2D eigenvalue weighted by molar-refractivity contribution is 5.16. The molecule has 0 aliphatic rings. The predicted octanol–water partition coefficient (Wildman–Crippen LogP) is 2.40. The van der Waals surface area contributed by atoms with Gasteiger partial charge in [-0.25, -0.2) is 0 Å². The molecule has 0 nitrogen and oxygen atoms in total. The molecule has 0 saturated heterocycles. The van der Waals surface area contributed by atoms with Crippen molar-refractivity contribution >= 4 is 0 Å². The molecule has 0 aliphatic carbocycles. The Labute approximate surface area is 60.7 Å². The Bertz CT molecular complexity index is 169. The van der Waals surface area contributed by atoms with Crippen LogP contribution in [0.15, 0.2) is 30.3 Å². The van der Waals surface area contributed by atoms with Gasteiger partial charge in [-0.1, -0.05) is 30.3 Å². The molecule has 0 heterocycles. The molecule has 0 amide bonds. The average molecular weight is 137 g/mol. The monoisotopic (exact) mass is 137 g/mol. The van der Waals surface area contributed by atoms with Crippen LogP contribution in [0.3, 0.4) is 0 Å². The van der Waals surface area contributed by atoms with E-state index in [9.17, 15) is 4.39 Å². The topological polar surface area (TPSA) is 0 Å². The second-order valence-electron chi connectivity index (χ2n) is 2.13. The van der Waals surface area contributed by atoms with Gasteiger partial charge in [0.1, 0.15) is 0 Å². The smallest absolute Gasteiger partial charge is 0.0929 e. The van der Waals surface area contributed by atoms with E-state index in [1.54, 1.807) is 6.42 Å². The van der Waals surface area contributed by atoms with Crippen molar-refractivity contribution in [1.29, 1.82) is 0 Å². The van der Waals surface area contributed by atoms with Crippen LogP contribution in [0.25, 0.3) is 0 Å². The minimum absolute atomic E-state index is 0.338. The number of alkyl halides is 1. The first kappa shape index (κ1) is 7.26. The minimum atomic E-state index is -0.338. The fourth-order valence-electron chi connectivity index (χ4n) is 0.835. The molecular formula is C9H10F. The van der Waals surface area contributed by atoms with Gasteiger partial charge in [0.25, 0.3) is 0 Å². The Kier molecular flexibility index (Phi) is 2.94. The summed E-state index contributed by atoms with van der Waals surface area (Å²) in [6.07, 6.45) is 2.35.